The normalized spacial score (nSPS) is 16.6. The Morgan fingerprint density at radius 2 is 2.21 bits per heavy atom. The first-order valence-corrected chi connectivity index (χ1v) is 7.75. The van der Waals surface area contributed by atoms with Gasteiger partial charge in [-0.25, -0.2) is 4.39 Å². The Bertz CT molecular complexity index is 404. The van der Waals surface area contributed by atoms with Crippen LogP contribution in [0.4, 0.5) is 4.39 Å². The Hall–Kier alpha value is -0.600. The summed E-state index contributed by atoms with van der Waals surface area (Å²) in [4.78, 5) is 0. The standard InChI is InChI=1S/C16H23ClFN/c1-2-10-19-16(13-6-7-13)5-3-4-12-8-9-14(17)11-15(12)18/h8-9,11,13,16,19H,2-7,10H2,1H3. The number of rotatable bonds is 8. The molecule has 19 heavy (non-hydrogen) atoms. The van der Waals surface area contributed by atoms with Crippen molar-refractivity contribution in [3.63, 3.8) is 0 Å². The van der Waals surface area contributed by atoms with Crippen LogP contribution >= 0.6 is 11.6 Å². The molecule has 0 aromatic heterocycles. The van der Waals surface area contributed by atoms with Gasteiger partial charge in [0.15, 0.2) is 0 Å². The molecular weight excluding hydrogens is 261 g/mol. The molecular formula is C16H23ClFN. The molecule has 1 nitrogen and oxygen atoms in total. The Kier molecular flexibility index (Phi) is 5.65. The van der Waals surface area contributed by atoms with Crippen LogP contribution in [0, 0.1) is 11.7 Å². The molecule has 0 heterocycles. The van der Waals surface area contributed by atoms with Crippen LogP contribution in [0.25, 0.3) is 0 Å². The van der Waals surface area contributed by atoms with Crippen molar-refractivity contribution in [3.8, 4) is 0 Å². The van der Waals surface area contributed by atoms with Crippen LogP contribution in [0.1, 0.15) is 44.6 Å². The third-order valence-corrected chi connectivity index (χ3v) is 4.06. The van der Waals surface area contributed by atoms with Gasteiger partial charge in [-0.3, -0.25) is 0 Å². The quantitative estimate of drug-likeness (QED) is 0.736. The molecule has 1 unspecified atom stereocenters. The SMILES string of the molecule is CCCNC(CCCc1ccc(Cl)cc1F)C1CC1. The first kappa shape index (κ1) is 14.8. The Morgan fingerprint density at radius 3 is 2.84 bits per heavy atom. The number of hydrogen-bond acceptors (Lipinski definition) is 1. The zero-order chi connectivity index (χ0) is 13.7. The minimum Gasteiger partial charge on any atom is -0.314 e. The summed E-state index contributed by atoms with van der Waals surface area (Å²) >= 11 is 5.76. The predicted molar refractivity (Wildman–Crippen MR) is 79.2 cm³/mol. The van der Waals surface area contributed by atoms with E-state index >= 15 is 0 Å². The molecule has 0 amide bonds. The van der Waals surface area contributed by atoms with Crippen LogP contribution in [-0.4, -0.2) is 12.6 Å². The topological polar surface area (TPSA) is 12.0 Å². The second kappa shape index (κ2) is 7.25. The predicted octanol–water partition coefficient (Wildman–Crippen LogP) is 4.58. The number of hydrogen-bond donors (Lipinski definition) is 1. The molecule has 0 radical (unpaired) electrons. The van der Waals surface area contributed by atoms with E-state index in [0.717, 1.165) is 37.3 Å². The number of halogens is 2. The molecule has 0 saturated heterocycles. The largest absolute Gasteiger partial charge is 0.314 e. The highest BCUT2D eigenvalue weighted by Gasteiger charge is 2.30. The summed E-state index contributed by atoms with van der Waals surface area (Å²) < 4.78 is 13.6. The van der Waals surface area contributed by atoms with E-state index in [0.29, 0.717) is 11.1 Å². The molecule has 1 aromatic rings. The molecule has 3 heteroatoms. The summed E-state index contributed by atoms with van der Waals surface area (Å²) in [7, 11) is 0. The van der Waals surface area contributed by atoms with Gasteiger partial charge in [0.1, 0.15) is 5.82 Å². The Labute approximate surface area is 120 Å². The van der Waals surface area contributed by atoms with Crippen LogP contribution in [0.15, 0.2) is 18.2 Å². The lowest BCUT2D eigenvalue weighted by Gasteiger charge is -2.17. The molecule has 0 bridgehead atoms. The van der Waals surface area contributed by atoms with E-state index in [-0.39, 0.29) is 5.82 Å². The zero-order valence-corrected chi connectivity index (χ0v) is 12.3. The van der Waals surface area contributed by atoms with Gasteiger partial charge >= 0.3 is 0 Å². The summed E-state index contributed by atoms with van der Waals surface area (Å²) in [6.07, 6.45) is 6.88. The second-order valence-corrected chi connectivity index (χ2v) is 5.96. The number of benzene rings is 1. The van der Waals surface area contributed by atoms with Crippen molar-refractivity contribution in [3.05, 3.63) is 34.6 Å². The fraction of sp³-hybridized carbons (Fsp3) is 0.625. The fourth-order valence-corrected chi connectivity index (χ4v) is 2.73. The molecule has 2 rings (SSSR count). The maximum atomic E-state index is 13.6. The lowest BCUT2D eigenvalue weighted by Crippen LogP contribution is -2.31. The fourth-order valence-electron chi connectivity index (χ4n) is 2.57. The molecule has 1 N–H and O–H groups in total. The average Bonchev–Trinajstić information content (AvgIpc) is 3.20. The van der Waals surface area contributed by atoms with Crippen LogP contribution in [0.2, 0.25) is 5.02 Å². The van der Waals surface area contributed by atoms with Gasteiger partial charge in [-0.1, -0.05) is 24.6 Å². The van der Waals surface area contributed by atoms with Gasteiger partial charge in [0.05, 0.1) is 0 Å². The molecule has 1 aliphatic carbocycles. The molecule has 1 fully saturated rings. The van der Waals surface area contributed by atoms with E-state index in [2.05, 4.69) is 12.2 Å². The average molecular weight is 284 g/mol. The van der Waals surface area contributed by atoms with Crippen LogP contribution in [0.3, 0.4) is 0 Å². The molecule has 0 spiro atoms. The van der Waals surface area contributed by atoms with Crippen molar-refractivity contribution in [1.82, 2.24) is 5.32 Å². The summed E-state index contributed by atoms with van der Waals surface area (Å²) in [5.74, 6) is 0.693. The van der Waals surface area contributed by atoms with Crippen LogP contribution < -0.4 is 5.32 Å². The van der Waals surface area contributed by atoms with Crippen molar-refractivity contribution in [2.24, 2.45) is 5.92 Å². The smallest absolute Gasteiger partial charge is 0.127 e. The van der Waals surface area contributed by atoms with Gasteiger partial charge in [-0.2, -0.15) is 0 Å². The van der Waals surface area contributed by atoms with Crippen LogP contribution in [0.5, 0.6) is 0 Å². The lowest BCUT2D eigenvalue weighted by molar-refractivity contribution is 0.423. The highest BCUT2D eigenvalue weighted by molar-refractivity contribution is 6.30. The van der Waals surface area contributed by atoms with E-state index in [1.54, 1.807) is 6.07 Å². The zero-order valence-electron chi connectivity index (χ0n) is 11.6. The van der Waals surface area contributed by atoms with Crippen molar-refractivity contribution in [2.45, 2.75) is 51.5 Å². The first-order chi connectivity index (χ1) is 9.20. The van der Waals surface area contributed by atoms with Gasteiger partial charge in [0.2, 0.25) is 0 Å². The Morgan fingerprint density at radius 1 is 1.42 bits per heavy atom. The maximum Gasteiger partial charge on any atom is 0.127 e. The number of aryl methyl sites for hydroxylation is 1. The third kappa shape index (κ3) is 4.77. The van der Waals surface area contributed by atoms with Crippen molar-refractivity contribution in [1.29, 1.82) is 0 Å². The first-order valence-electron chi connectivity index (χ1n) is 7.38. The van der Waals surface area contributed by atoms with Crippen molar-refractivity contribution in [2.75, 3.05) is 6.54 Å². The van der Waals surface area contributed by atoms with E-state index in [1.165, 1.54) is 25.3 Å². The summed E-state index contributed by atoms with van der Waals surface area (Å²) in [5, 5.41) is 4.10. The van der Waals surface area contributed by atoms with Gasteiger partial charge in [-0.05, 0) is 68.7 Å². The molecule has 1 atom stereocenters. The van der Waals surface area contributed by atoms with Gasteiger partial charge in [-0.15, -0.1) is 0 Å². The summed E-state index contributed by atoms with van der Waals surface area (Å²) in [6, 6.07) is 5.62. The number of nitrogens with one attached hydrogen (secondary N) is 1. The van der Waals surface area contributed by atoms with Crippen molar-refractivity contribution < 1.29 is 4.39 Å². The minimum atomic E-state index is -0.169. The summed E-state index contributed by atoms with van der Waals surface area (Å²) in [6.45, 7) is 3.29. The van der Waals surface area contributed by atoms with Crippen LogP contribution in [-0.2, 0) is 6.42 Å². The lowest BCUT2D eigenvalue weighted by atomic mass is 10.0. The third-order valence-electron chi connectivity index (χ3n) is 3.82. The molecule has 1 aliphatic rings. The van der Waals surface area contributed by atoms with Gasteiger partial charge in [0.25, 0.3) is 0 Å². The van der Waals surface area contributed by atoms with Crippen molar-refractivity contribution >= 4 is 11.6 Å². The monoisotopic (exact) mass is 283 g/mol. The Balaban J connectivity index is 1.77. The minimum absolute atomic E-state index is 0.169. The van der Waals surface area contributed by atoms with Gasteiger partial charge < -0.3 is 5.32 Å². The molecule has 106 valence electrons. The summed E-state index contributed by atoms with van der Waals surface area (Å²) in [5.41, 5.74) is 0.787. The van der Waals surface area contributed by atoms with Gasteiger partial charge in [0, 0.05) is 11.1 Å². The maximum absolute atomic E-state index is 13.6. The van der Waals surface area contributed by atoms with E-state index in [1.807, 2.05) is 6.07 Å². The molecule has 0 aliphatic heterocycles. The molecule has 1 saturated carbocycles. The highest BCUT2D eigenvalue weighted by Crippen LogP contribution is 2.34. The highest BCUT2D eigenvalue weighted by atomic mass is 35.5. The van der Waals surface area contributed by atoms with E-state index < -0.39 is 0 Å². The molecule has 1 aromatic carbocycles. The van der Waals surface area contributed by atoms with E-state index in [9.17, 15) is 4.39 Å². The second-order valence-electron chi connectivity index (χ2n) is 5.53. The van der Waals surface area contributed by atoms with E-state index in [4.69, 9.17) is 11.6 Å².